The third-order valence-corrected chi connectivity index (χ3v) is 2.54. The van der Waals surface area contributed by atoms with Crippen molar-refractivity contribution in [3.05, 3.63) is 23.2 Å². The summed E-state index contributed by atoms with van der Waals surface area (Å²) in [5.74, 6) is 7.99. The fourth-order valence-electron chi connectivity index (χ4n) is 1.79. The van der Waals surface area contributed by atoms with Gasteiger partial charge in [0, 0.05) is 18.0 Å². The van der Waals surface area contributed by atoms with Gasteiger partial charge in [0.2, 0.25) is 0 Å². The predicted molar refractivity (Wildman–Crippen MR) is 62.7 cm³/mol. The molecule has 0 saturated heterocycles. The first-order chi connectivity index (χ1) is 7.19. The van der Waals surface area contributed by atoms with Gasteiger partial charge in [-0.05, 0) is 40.3 Å². The van der Waals surface area contributed by atoms with Crippen molar-refractivity contribution < 1.29 is 4.42 Å². The lowest BCUT2D eigenvalue weighted by atomic mass is 10.0. The molecule has 1 heterocycles. The molecular weight excluding hydrogens is 186 g/mol. The van der Waals surface area contributed by atoms with Crippen LogP contribution in [0.2, 0.25) is 0 Å². The van der Waals surface area contributed by atoms with E-state index in [9.17, 15) is 0 Å². The molecule has 1 aromatic rings. The summed E-state index contributed by atoms with van der Waals surface area (Å²) in [5.41, 5.74) is 1.26. The Labute approximate surface area is 92.1 Å². The molecule has 0 bridgehead atoms. The van der Waals surface area contributed by atoms with Crippen molar-refractivity contribution in [3.63, 3.8) is 0 Å². The van der Waals surface area contributed by atoms with E-state index in [0.29, 0.717) is 6.04 Å². The molecule has 1 rings (SSSR count). The number of hydrogen-bond acceptors (Lipinski definition) is 2. The molecule has 0 radical (unpaired) electrons. The fourth-order valence-corrected chi connectivity index (χ4v) is 1.79. The van der Waals surface area contributed by atoms with Crippen molar-refractivity contribution in [2.45, 2.75) is 39.7 Å². The van der Waals surface area contributed by atoms with Crippen LogP contribution < -0.4 is 5.32 Å². The number of aryl methyl sites for hydroxylation is 2. The van der Waals surface area contributed by atoms with Crippen LogP contribution in [0.4, 0.5) is 0 Å². The molecule has 15 heavy (non-hydrogen) atoms. The lowest BCUT2D eigenvalue weighted by Gasteiger charge is -2.13. The van der Waals surface area contributed by atoms with Crippen LogP contribution in [0.5, 0.6) is 0 Å². The lowest BCUT2D eigenvalue weighted by Crippen LogP contribution is -2.16. The van der Waals surface area contributed by atoms with Crippen LogP contribution in [-0.4, -0.2) is 7.05 Å². The summed E-state index contributed by atoms with van der Waals surface area (Å²) in [4.78, 5) is 0. The highest BCUT2D eigenvalue weighted by Crippen LogP contribution is 2.24. The van der Waals surface area contributed by atoms with Gasteiger partial charge >= 0.3 is 0 Å². The molecule has 0 amide bonds. The number of furan rings is 1. The third kappa shape index (κ3) is 3.14. The van der Waals surface area contributed by atoms with Crippen molar-refractivity contribution in [3.8, 4) is 11.8 Å². The number of nitrogens with one attached hydrogen (secondary N) is 1. The van der Waals surface area contributed by atoms with Crippen LogP contribution >= 0.6 is 0 Å². The number of hydrogen-bond donors (Lipinski definition) is 1. The number of rotatable bonds is 4. The first kappa shape index (κ1) is 11.9. The third-order valence-electron chi connectivity index (χ3n) is 2.54. The second-order valence-electron chi connectivity index (χ2n) is 3.68. The molecule has 0 saturated carbocycles. The van der Waals surface area contributed by atoms with Crippen molar-refractivity contribution in [2.75, 3.05) is 7.05 Å². The van der Waals surface area contributed by atoms with Crippen LogP contribution in [-0.2, 0) is 0 Å². The van der Waals surface area contributed by atoms with Crippen molar-refractivity contribution in [1.82, 2.24) is 5.32 Å². The van der Waals surface area contributed by atoms with Crippen molar-refractivity contribution in [1.29, 1.82) is 0 Å². The summed E-state index contributed by atoms with van der Waals surface area (Å²) < 4.78 is 5.53. The molecule has 1 unspecified atom stereocenters. The summed E-state index contributed by atoms with van der Waals surface area (Å²) in [6.45, 7) is 5.87. The van der Waals surface area contributed by atoms with Gasteiger partial charge in [0.25, 0.3) is 0 Å². The van der Waals surface area contributed by atoms with Gasteiger partial charge < -0.3 is 9.73 Å². The summed E-state index contributed by atoms with van der Waals surface area (Å²) >= 11 is 0. The second-order valence-corrected chi connectivity index (χ2v) is 3.68. The first-order valence-corrected chi connectivity index (χ1v) is 5.32. The minimum absolute atomic E-state index is 0.350. The van der Waals surface area contributed by atoms with Gasteiger partial charge in [-0.2, -0.15) is 0 Å². The minimum Gasteiger partial charge on any atom is -0.466 e. The topological polar surface area (TPSA) is 25.2 Å². The van der Waals surface area contributed by atoms with Gasteiger partial charge in [0.05, 0.1) is 0 Å². The Hall–Kier alpha value is -1.20. The molecule has 2 nitrogen and oxygen atoms in total. The van der Waals surface area contributed by atoms with Crippen molar-refractivity contribution >= 4 is 0 Å². The van der Waals surface area contributed by atoms with E-state index >= 15 is 0 Å². The van der Waals surface area contributed by atoms with E-state index in [-0.39, 0.29) is 0 Å². The maximum atomic E-state index is 5.53. The highest BCUT2D eigenvalue weighted by molar-refractivity contribution is 5.24. The highest BCUT2D eigenvalue weighted by Gasteiger charge is 2.14. The first-order valence-electron chi connectivity index (χ1n) is 5.32. The van der Waals surface area contributed by atoms with E-state index < -0.39 is 0 Å². The quantitative estimate of drug-likeness (QED) is 0.764. The average molecular weight is 205 g/mol. The molecule has 1 N–H and O–H groups in total. The van der Waals surface area contributed by atoms with E-state index in [4.69, 9.17) is 4.42 Å². The van der Waals surface area contributed by atoms with E-state index in [2.05, 4.69) is 23.2 Å². The fraction of sp³-hybridized carbons (Fsp3) is 0.538. The normalized spacial score (nSPS) is 12.0. The van der Waals surface area contributed by atoms with Crippen LogP contribution in [0.1, 0.15) is 42.9 Å². The Balaban J connectivity index is 2.72. The maximum absolute atomic E-state index is 5.53. The molecule has 0 spiro atoms. The Bertz CT molecular complexity index is 368. The van der Waals surface area contributed by atoms with E-state index in [0.717, 1.165) is 24.4 Å². The molecule has 1 atom stereocenters. The zero-order chi connectivity index (χ0) is 11.3. The molecule has 0 aromatic carbocycles. The Morgan fingerprint density at radius 3 is 2.67 bits per heavy atom. The van der Waals surface area contributed by atoms with Crippen molar-refractivity contribution in [2.24, 2.45) is 0 Å². The molecule has 2 heteroatoms. The molecule has 1 aromatic heterocycles. The SMILES string of the molecule is CC#CCCC(NC)c1cc(C)oc1C. The Kier molecular flexibility index (Phi) is 4.45. The van der Waals surface area contributed by atoms with Gasteiger partial charge in [-0.15, -0.1) is 11.8 Å². The van der Waals surface area contributed by atoms with E-state index in [1.165, 1.54) is 5.56 Å². The van der Waals surface area contributed by atoms with Gasteiger partial charge in [-0.1, -0.05) is 0 Å². The predicted octanol–water partition coefficient (Wildman–Crippen LogP) is 2.96. The molecular formula is C13H19NO. The van der Waals surface area contributed by atoms with E-state index in [1.54, 1.807) is 0 Å². The Morgan fingerprint density at radius 2 is 2.20 bits per heavy atom. The minimum atomic E-state index is 0.350. The zero-order valence-corrected chi connectivity index (χ0v) is 9.98. The molecule has 0 fully saturated rings. The van der Waals surface area contributed by atoms with E-state index in [1.807, 2.05) is 27.8 Å². The highest BCUT2D eigenvalue weighted by atomic mass is 16.3. The lowest BCUT2D eigenvalue weighted by molar-refractivity contribution is 0.485. The molecule has 0 aliphatic carbocycles. The standard InChI is InChI=1S/C13H19NO/c1-5-6-7-8-13(14-4)12-9-10(2)15-11(12)3/h9,13-14H,7-8H2,1-4H3. The second kappa shape index (κ2) is 5.63. The van der Waals surface area contributed by atoms with Crippen LogP contribution in [0.25, 0.3) is 0 Å². The summed E-state index contributed by atoms with van der Waals surface area (Å²) in [6, 6.07) is 2.46. The van der Waals surface area contributed by atoms with Gasteiger partial charge in [-0.3, -0.25) is 0 Å². The maximum Gasteiger partial charge on any atom is 0.105 e. The summed E-state index contributed by atoms with van der Waals surface area (Å²) in [5, 5.41) is 3.30. The zero-order valence-electron chi connectivity index (χ0n) is 9.98. The summed E-state index contributed by atoms with van der Waals surface area (Å²) in [6.07, 6.45) is 1.95. The van der Waals surface area contributed by atoms with Crippen LogP contribution in [0.3, 0.4) is 0 Å². The van der Waals surface area contributed by atoms with Crippen LogP contribution in [0.15, 0.2) is 10.5 Å². The molecule has 0 aliphatic heterocycles. The Morgan fingerprint density at radius 1 is 1.47 bits per heavy atom. The van der Waals surface area contributed by atoms with Gasteiger partial charge in [0.15, 0.2) is 0 Å². The monoisotopic (exact) mass is 205 g/mol. The van der Waals surface area contributed by atoms with Crippen LogP contribution in [0, 0.1) is 25.7 Å². The smallest absolute Gasteiger partial charge is 0.105 e. The molecule has 0 aliphatic rings. The molecule has 82 valence electrons. The van der Waals surface area contributed by atoms with Gasteiger partial charge in [-0.25, -0.2) is 0 Å². The summed E-state index contributed by atoms with van der Waals surface area (Å²) in [7, 11) is 1.98. The largest absolute Gasteiger partial charge is 0.466 e. The van der Waals surface area contributed by atoms with Gasteiger partial charge in [0.1, 0.15) is 11.5 Å². The average Bonchev–Trinajstić information content (AvgIpc) is 2.53.